The molecule has 0 heterocycles. The predicted octanol–water partition coefficient (Wildman–Crippen LogP) is 1.35. The van der Waals surface area contributed by atoms with E-state index >= 15 is 0 Å². The second-order valence-electron chi connectivity index (χ2n) is 3.87. The lowest BCUT2D eigenvalue weighted by atomic mass is 10.1. The van der Waals surface area contributed by atoms with Gasteiger partial charge in [-0.05, 0) is 5.92 Å². The standard InChI is InChI=1S/C10H18F3NO3/c1-7(2)8(9(15)16-3)14-4-5-17-6-10(11,12)13/h7-8,14H,4-6H2,1-3H3. The van der Waals surface area contributed by atoms with Gasteiger partial charge in [0.1, 0.15) is 12.6 Å². The number of carbonyl (C=O) groups is 1. The van der Waals surface area contributed by atoms with Crippen molar-refractivity contribution >= 4 is 5.97 Å². The molecule has 0 saturated carbocycles. The zero-order valence-electron chi connectivity index (χ0n) is 10.1. The topological polar surface area (TPSA) is 47.6 Å². The van der Waals surface area contributed by atoms with Crippen LogP contribution in [0.1, 0.15) is 13.8 Å². The number of methoxy groups -OCH3 is 1. The van der Waals surface area contributed by atoms with Crippen LogP contribution in [0.5, 0.6) is 0 Å². The third-order valence-corrected chi connectivity index (χ3v) is 2.00. The van der Waals surface area contributed by atoms with Gasteiger partial charge in [-0.2, -0.15) is 13.2 Å². The van der Waals surface area contributed by atoms with Crippen LogP contribution in [0, 0.1) is 5.92 Å². The number of alkyl halides is 3. The number of rotatable bonds is 7. The first-order valence-corrected chi connectivity index (χ1v) is 5.23. The average Bonchev–Trinajstić information content (AvgIpc) is 2.20. The number of halogens is 3. The van der Waals surface area contributed by atoms with Crippen molar-refractivity contribution in [2.45, 2.75) is 26.1 Å². The molecule has 102 valence electrons. The lowest BCUT2D eigenvalue weighted by Gasteiger charge is -2.19. The summed E-state index contributed by atoms with van der Waals surface area (Å²) >= 11 is 0. The normalized spacial score (nSPS) is 13.8. The summed E-state index contributed by atoms with van der Waals surface area (Å²) in [4.78, 5) is 11.3. The van der Waals surface area contributed by atoms with Crippen molar-refractivity contribution in [3.05, 3.63) is 0 Å². The highest BCUT2D eigenvalue weighted by molar-refractivity contribution is 5.75. The maximum absolute atomic E-state index is 11.7. The second kappa shape index (κ2) is 7.50. The van der Waals surface area contributed by atoms with Crippen molar-refractivity contribution in [2.24, 2.45) is 5.92 Å². The van der Waals surface area contributed by atoms with Gasteiger partial charge in [0.2, 0.25) is 0 Å². The van der Waals surface area contributed by atoms with E-state index in [2.05, 4.69) is 14.8 Å². The first kappa shape index (κ1) is 16.2. The smallest absolute Gasteiger partial charge is 0.411 e. The molecule has 0 saturated heterocycles. The van der Waals surface area contributed by atoms with E-state index in [-0.39, 0.29) is 19.1 Å². The quantitative estimate of drug-likeness (QED) is 0.552. The summed E-state index contributed by atoms with van der Waals surface area (Å²) in [7, 11) is 1.26. The molecule has 0 rings (SSSR count). The minimum absolute atomic E-state index is 0.00920. The Morgan fingerprint density at radius 1 is 1.35 bits per heavy atom. The minimum atomic E-state index is -4.32. The number of hydrogen-bond acceptors (Lipinski definition) is 4. The number of carbonyl (C=O) groups excluding carboxylic acids is 1. The van der Waals surface area contributed by atoms with Gasteiger partial charge in [-0.25, -0.2) is 0 Å². The lowest BCUT2D eigenvalue weighted by molar-refractivity contribution is -0.173. The largest absolute Gasteiger partial charge is 0.468 e. The van der Waals surface area contributed by atoms with Crippen LogP contribution in [-0.2, 0) is 14.3 Å². The fraction of sp³-hybridized carbons (Fsp3) is 0.900. The van der Waals surface area contributed by atoms with Crippen molar-refractivity contribution in [1.82, 2.24) is 5.32 Å². The highest BCUT2D eigenvalue weighted by atomic mass is 19.4. The van der Waals surface area contributed by atoms with Crippen molar-refractivity contribution in [3.63, 3.8) is 0 Å². The lowest BCUT2D eigenvalue weighted by Crippen LogP contribution is -2.43. The van der Waals surface area contributed by atoms with E-state index in [1.54, 1.807) is 0 Å². The third kappa shape index (κ3) is 7.98. The van der Waals surface area contributed by atoms with E-state index in [0.29, 0.717) is 0 Å². The fourth-order valence-electron chi connectivity index (χ4n) is 1.19. The predicted molar refractivity (Wildman–Crippen MR) is 55.5 cm³/mol. The van der Waals surface area contributed by atoms with Crippen molar-refractivity contribution < 1.29 is 27.4 Å². The van der Waals surface area contributed by atoms with E-state index in [9.17, 15) is 18.0 Å². The number of hydrogen-bond donors (Lipinski definition) is 1. The maximum Gasteiger partial charge on any atom is 0.411 e. The van der Waals surface area contributed by atoms with Gasteiger partial charge >= 0.3 is 12.1 Å². The molecule has 1 unspecified atom stereocenters. The summed E-state index contributed by atoms with van der Waals surface area (Å²) in [6.45, 7) is 2.39. The molecule has 0 aromatic carbocycles. The third-order valence-electron chi connectivity index (χ3n) is 2.00. The molecule has 7 heteroatoms. The first-order valence-electron chi connectivity index (χ1n) is 5.23. The Bertz CT molecular complexity index is 231. The summed E-state index contributed by atoms with van der Waals surface area (Å²) in [6, 6.07) is -0.533. The van der Waals surface area contributed by atoms with E-state index in [1.807, 2.05) is 13.8 Å². The summed E-state index contributed by atoms with van der Waals surface area (Å²) < 4.78 is 44.2. The molecule has 4 nitrogen and oxygen atoms in total. The summed E-state index contributed by atoms with van der Waals surface area (Å²) in [6.07, 6.45) is -4.32. The number of esters is 1. The number of nitrogens with one attached hydrogen (secondary N) is 1. The molecule has 0 bridgehead atoms. The Labute approximate surface area is 98.5 Å². The molecule has 0 amide bonds. The fourth-order valence-corrected chi connectivity index (χ4v) is 1.19. The van der Waals surface area contributed by atoms with E-state index in [1.165, 1.54) is 7.11 Å². The first-order chi connectivity index (χ1) is 7.78. The zero-order valence-corrected chi connectivity index (χ0v) is 10.1. The average molecular weight is 257 g/mol. The van der Waals surface area contributed by atoms with Crippen LogP contribution in [0.25, 0.3) is 0 Å². The van der Waals surface area contributed by atoms with Crippen LogP contribution in [-0.4, -0.2) is 45.1 Å². The van der Waals surface area contributed by atoms with Crippen LogP contribution >= 0.6 is 0 Å². The van der Waals surface area contributed by atoms with Crippen LogP contribution in [0.2, 0.25) is 0 Å². The minimum Gasteiger partial charge on any atom is -0.468 e. The molecule has 0 aromatic rings. The van der Waals surface area contributed by atoms with Gasteiger partial charge in [-0.1, -0.05) is 13.8 Å². The Morgan fingerprint density at radius 2 is 1.94 bits per heavy atom. The van der Waals surface area contributed by atoms with Gasteiger partial charge < -0.3 is 14.8 Å². The Hall–Kier alpha value is -0.820. The van der Waals surface area contributed by atoms with Gasteiger partial charge in [0.05, 0.1) is 13.7 Å². The van der Waals surface area contributed by atoms with Crippen molar-refractivity contribution in [3.8, 4) is 0 Å². The molecular formula is C10H18F3NO3. The van der Waals surface area contributed by atoms with E-state index in [4.69, 9.17) is 0 Å². The van der Waals surface area contributed by atoms with E-state index in [0.717, 1.165) is 0 Å². The molecule has 0 aliphatic rings. The van der Waals surface area contributed by atoms with Crippen LogP contribution < -0.4 is 5.32 Å². The Kier molecular flexibility index (Phi) is 7.13. The molecule has 1 atom stereocenters. The zero-order chi connectivity index (χ0) is 13.5. The van der Waals surface area contributed by atoms with Crippen molar-refractivity contribution in [1.29, 1.82) is 0 Å². The second-order valence-corrected chi connectivity index (χ2v) is 3.87. The van der Waals surface area contributed by atoms with Crippen LogP contribution in [0.4, 0.5) is 13.2 Å². The molecule has 0 aliphatic heterocycles. The van der Waals surface area contributed by atoms with Gasteiger partial charge in [0.15, 0.2) is 0 Å². The van der Waals surface area contributed by atoms with Gasteiger partial charge in [-0.3, -0.25) is 4.79 Å². The molecule has 0 fully saturated rings. The maximum atomic E-state index is 11.7. The summed E-state index contributed by atoms with van der Waals surface area (Å²) in [5, 5.41) is 2.79. The molecular weight excluding hydrogens is 239 g/mol. The van der Waals surface area contributed by atoms with Crippen LogP contribution in [0.3, 0.4) is 0 Å². The molecule has 17 heavy (non-hydrogen) atoms. The highest BCUT2D eigenvalue weighted by Gasteiger charge is 2.27. The Balaban J connectivity index is 3.80. The van der Waals surface area contributed by atoms with Gasteiger partial charge in [0, 0.05) is 6.54 Å². The molecule has 0 spiro atoms. The van der Waals surface area contributed by atoms with Gasteiger partial charge in [0.25, 0.3) is 0 Å². The summed E-state index contributed by atoms with van der Waals surface area (Å²) in [5.41, 5.74) is 0. The molecule has 1 N–H and O–H groups in total. The molecule has 0 radical (unpaired) electrons. The molecule has 0 aliphatic carbocycles. The van der Waals surface area contributed by atoms with Crippen molar-refractivity contribution in [2.75, 3.05) is 26.9 Å². The number of ether oxygens (including phenoxy) is 2. The molecule has 0 aromatic heterocycles. The monoisotopic (exact) mass is 257 g/mol. The Morgan fingerprint density at radius 3 is 2.35 bits per heavy atom. The summed E-state index contributed by atoms with van der Waals surface area (Å²) in [5.74, 6) is -0.444. The van der Waals surface area contributed by atoms with Gasteiger partial charge in [-0.15, -0.1) is 0 Å². The van der Waals surface area contributed by atoms with Crippen LogP contribution in [0.15, 0.2) is 0 Å². The van der Waals surface area contributed by atoms with E-state index < -0.39 is 24.8 Å². The SMILES string of the molecule is COC(=O)C(NCCOCC(F)(F)F)C(C)C. The highest BCUT2D eigenvalue weighted by Crippen LogP contribution is 2.14.